The lowest BCUT2D eigenvalue weighted by Gasteiger charge is -2.03. The maximum absolute atomic E-state index is 10.9. The van der Waals surface area contributed by atoms with E-state index in [1.54, 1.807) is 24.3 Å². The van der Waals surface area contributed by atoms with Crippen molar-refractivity contribution in [1.29, 1.82) is 0 Å². The summed E-state index contributed by atoms with van der Waals surface area (Å²) in [6.45, 7) is 1.64. The molecule has 1 heterocycles. The highest BCUT2D eigenvalue weighted by Gasteiger charge is 2.12. The molecule has 0 fully saturated rings. The monoisotopic (exact) mass is 348 g/mol. The van der Waals surface area contributed by atoms with Crippen molar-refractivity contribution in [3.05, 3.63) is 83.3 Å². The van der Waals surface area contributed by atoms with Crippen LogP contribution in [0.3, 0.4) is 0 Å². The lowest BCUT2D eigenvalue weighted by atomic mass is 10.0. The summed E-state index contributed by atoms with van der Waals surface area (Å²) >= 11 is 1.79. The van der Waals surface area contributed by atoms with Crippen LogP contribution >= 0.6 is 11.3 Å². The third kappa shape index (κ3) is 4.25. The molecule has 0 atom stereocenters. The number of hydrogen-bond donors (Lipinski definition) is 1. The van der Waals surface area contributed by atoms with Crippen LogP contribution in [0.15, 0.2) is 78.4 Å². The molecule has 1 aromatic heterocycles. The molecule has 0 unspecified atom stereocenters. The second kappa shape index (κ2) is 7.95. The van der Waals surface area contributed by atoms with Crippen LogP contribution in [0.5, 0.6) is 0 Å². The van der Waals surface area contributed by atoms with Crippen LogP contribution in [0.4, 0.5) is 0 Å². The topological polar surface area (TPSA) is 37.3 Å². The second-order valence-corrected chi connectivity index (χ2v) is 7.06. The van der Waals surface area contributed by atoms with Crippen LogP contribution in [-0.2, 0) is 11.2 Å². The molecule has 2 aromatic carbocycles. The molecule has 0 aliphatic carbocycles. The number of carboxylic acids is 1. The van der Waals surface area contributed by atoms with Gasteiger partial charge < -0.3 is 5.11 Å². The Morgan fingerprint density at radius 2 is 1.60 bits per heavy atom. The quantitative estimate of drug-likeness (QED) is 0.551. The number of carbonyl (C=O) groups is 1. The van der Waals surface area contributed by atoms with E-state index in [0.717, 1.165) is 12.8 Å². The Hall–Kier alpha value is -2.65. The predicted molar refractivity (Wildman–Crippen MR) is 105 cm³/mol. The summed E-state index contributed by atoms with van der Waals surface area (Å²) in [6, 6.07) is 23.1. The Labute approximate surface area is 152 Å². The first kappa shape index (κ1) is 17.2. The first-order valence-corrected chi connectivity index (χ1v) is 9.10. The molecule has 126 valence electrons. The average molecular weight is 348 g/mol. The first-order valence-electron chi connectivity index (χ1n) is 8.29. The third-order valence-corrected chi connectivity index (χ3v) is 5.33. The number of aliphatic carboxylic acids is 1. The van der Waals surface area contributed by atoms with Crippen LogP contribution in [0.1, 0.15) is 18.2 Å². The van der Waals surface area contributed by atoms with E-state index in [9.17, 15) is 4.79 Å². The summed E-state index contributed by atoms with van der Waals surface area (Å²) in [6.07, 6.45) is 3.38. The van der Waals surface area contributed by atoms with Crippen molar-refractivity contribution in [2.75, 3.05) is 0 Å². The molecular weight excluding hydrogens is 328 g/mol. The molecule has 25 heavy (non-hydrogen) atoms. The molecule has 3 aromatic rings. The summed E-state index contributed by atoms with van der Waals surface area (Å²) in [5, 5.41) is 8.96. The molecule has 0 aliphatic rings. The first-order chi connectivity index (χ1) is 12.1. The van der Waals surface area contributed by atoms with Gasteiger partial charge in [0.15, 0.2) is 0 Å². The maximum atomic E-state index is 10.9. The van der Waals surface area contributed by atoms with Gasteiger partial charge in [0.25, 0.3) is 0 Å². The SMILES string of the molecule is CC(=CCCc1cc(-c2ccccc2)c(-c2ccccc2)s1)C(=O)O. The lowest BCUT2D eigenvalue weighted by Crippen LogP contribution is -1.95. The molecule has 0 saturated carbocycles. The van der Waals surface area contributed by atoms with Crippen molar-refractivity contribution in [2.24, 2.45) is 0 Å². The second-order valence-electron chi connectivity index (χ2n) is 5.92. The zero-order valence-corrected chi connectivity index (χ0v) is 14.9. The molecule has 0 spiro atoms. The van der Waals surface area contributed by atoms with Gasteiger partial charge in [-0.25, -0.2) is 4.79 Å². The van der Waals surface area contributed by atoms with Crippen molar-refractivity contribution in [2.45, 2.75) is 19.8 Å². The molecule has 3 heteroatoms. The van der Waals surface area contributed by atoms with Crippen LogP contribution in [0.2, 0.25) is 0 Å². The van der Waals surface area contributed by atoms with Gasteiger partial charge in [0.05, 0.1) is 0 Å². The van der Waals surface area contributed by atoms with E-state index in [-0.39, 0.29) is 0 Å². The minimum atomic E-state index is -0.846. The van der Waals surface area contributed by atoms with Gasteiger partial charge >= 0.3 is 5.97 Å². The molecule has 0 aliphatic heterocycles. The van der Waals surface area contributed by atoms with Crippen LogP contribution in [0, 0.1) is 0 Å². The van der Waals surface area contributed by atoms with Crippen molar-refractivity contribution in [3.8, 4) is 21.6 Å². The smallest absolute Gasteiger partial charge is 0.330 e. The highest BCUT2D eigenvalue weighted by Crippen LogP contribution is 2.39. The Balaban J connectivity index is 1.93. The minimum Gasteiger partial charge on any atom is -0.478 e. The number of carboxylic acid groups (broad SMARTS) is 1. The van der Waals surface area contributed by atoms with E-state index in [1.165, 1.54) is 26.4 Å². The van der Waals surface area contributed by atoms with Crippen molar-refractivity contribution < 1.29 is 9.90 Å². The van der Waals surface area contributed by atoms with Gasteiger partial charge in [-0.1, -0.05) is 66.7 Å². The minimum absolute atomic E-state index is 0.406. The summed E-state index contributed by atoms with van der Waals surface area (Å²) in [5.74, 6) is -0.846. The average Bonchev–Trinajstić information content (AvgIpc) is 3.07. The van der Waals surface area contributed by atoms with E-state index in [1.807, 2.05) is 12.1 Å². The molecule has 0 bridgehead atoms. The Morgan fingerprint density at radius 3 is 2.20 bits per heavy atom. The lowest BCUT2D eigenvalue weighted by molar-refractivity contribution is -0.132. The third-order valence-electron chi connectivity index (χ3n) is 4.08. The van der Waals surface area contributed by atoms with Gasteiger partial charge in [-0.2, -0.15) is 0 Å². The number of allylic oxidation sites excluding steroid dienone is 1. The number of benzene rings is 2. The number of thiophene rings is 1. The van der Waals surface area contributed by atoms with Gasteiger partial charge in [0, 0.05) is 20.9 Å². The molecule has 3 rings (SSSR count). The molecule has 0 radical (unpaired) electrons. The van der Waals surface area contributed by atoms with E-state index < -0.39 is 5.97 Å². The molecular formula is C22H20O2S. The maximum Gasteiger partial charge on any atom is 0.330 e. The van der Waals surface area contributed by atoms with Crippen molar-refractivity contribution in [3.63, 3.8) is 0 Å². The zero-order chi connectivity index (χ0) is 17.6. The summed E-state index contributed by atoms with van der Waals surface area (Å²) in [5.41, 5.74) is 4.07. The largest absolute Gasteiger partial charge is 0.478 e. The fourth-order valence-electron chi connectivity index (χ4n) is 2.72. The van der Waals surface area contributed by atoms with Gasteiger partial charge in [-0.05, 0) is 37.0 Å². The Kier molecular flexibility index (Phi) is 5.46. The number of aryl methyl sites for hydroxylation is 1. The Morgan fingerprint density at radius 1 is 1.00 bits per heavy atom. The molecule has 0 saturated heterocycles. The van der Waals surface area contributed by atoms with Gasteiger partial charge in [-0.15, -0.1) is 11.3 Å². The molecule has 0 amide bonds. The van der Waals surface area contributed by atoms with Gasteiger partial charge in [0.1, 0.15) is 0 Å². The summed E-state index contributed by atoms with van der Waals surface area (Å²) in [4.78, 5) is 13.4. The van der Waals surface area contributed by atoms with Gasteiger partial charge in [-0.3, -0.25) is 0 Å². The normalized spacial score (nSPS) is 11.5. The number of rotatable bonds is 6. The summed E-state index contributed by atoms with van der Waals surface area (Å²) in [7, 11) is 0. The fraction of sp³-hybridized carbons (Fsp3) is 0.136. The standard InChI is InChI=1S/C22H20O2S/c1-16(22(23)24)9-8-14-19-15-20(17-10-4-2-5-11-17)21(25-19)18-12-6-3-7-13-18/h2-7,9-13,15H,8,14H2,1H3,(H,23,24). The van der Waals surface area contributed by atoms with E-state index in [0.29, 0.717) is 5.57 Å². The van der Waals surface area contributed by atoms with Crippen LogP contribution < -0.4 is 0 Å². The number of hydrogen-bond acceptors (Lipinski definition) is 2. The predicted octanol–water partition coefficient (Wildman–Crippen LogP) is 6.05. The van der Waals surface area contributed by atoms with E-state index in [4.69, 9.17) is 5.11 Å². The Bertz CT molecular complexity index is 820. The highest BCUT2D eigenvalue weighted by atomic mass is 32.1. The van der Waals surface area contributed by atoms with Gasteiger partial charge in [0.2, 0.25) is 0 Å². The van der Waals surface area contributed by atoms with Crippen LogP contribution in [0.25, 0.3) is 21.6 Å². The van der Waals surface area contributed by atoms with E-state index in [2.05, 4.69) is 54.6 Å². The molecule has 2 nitrogen and oxygen atoms in total. The van der Waals surface area contributed by atoms with Crippen LogP contribution in [-0.4, -0.2) is 11.1 Å². The molecule has 1 N–H and O–H groups in total. The van der Waals surface area contributed by atoms with Crippen molar-refractivity contribution in [1.82, 2.24) is 0 Å². The zero-order valence-electron chi connectivity index (χ0n) is 14.1. The summed E-state index contributed by atoms with van der Waals surface area (Å²) < 4.78 is 0. The highest BCUT2D eigenvalue weighted by molar-refractivity contribution is 7.16. The van der Waals surface area contributed by atoms with Crippen molar-refractivity contribution >= 4 is 17.3 Å². The fourth-order valence-corrected chi connectivity index (χ4v) is 3.92. The van der Waals surface area contributed by atoms with E-state index >= 15 is 0 Å².